The van der Waals surface area contributed by atoms with E-state index in [1.165, 1.54) is 0 Å². The van der Waals surface area contributed by atoms with Gasteiger partial charge >= 0.3 is 7.12 Å². The number of benzene rings is 1. The highest BCUT2D eigenvalue weighted by molar-refractivity contribution is 14.1. The molecule has 0 spiro atoms. The van der Waals surface area contributed by atoms with Crippen LogP contribution in [0.15, 0.2) is 12.1 Å². The van der Waals surface area contributed by atoms with Crippen LogP contribution in [0.25, 0.3) is 0 Å². The second-order valence-electron chi connectivity index (χ2n) is 5.98. The Kier molecular flexibility index (Phi) is 4.67. The zero-order chi connectivity index (χ0) is 15.3. The minimum Gasteiger partial charge on any atom is -0.507 e. The molecule has 7 heteroatoms. The summed E-state index contributed by atoms with van der Waals surface area (Å²) in [6.07, 6.45) is 0. The predicted octanol–water partition coefficient (Wildman–Crippen LogP) is 3.23. The summed E-state index contributed by atoms with van der Waals surface area (Å²) in [7, 11) is -0.570. The molecule has 0 radical (unpaired) electrons. The first kappa shape index (κ1) is 16.8. The average molecular weight is 501 g/mol. The molecule has 20 heavy (non-hydrogen) atoms. The minimum atomic E-state index is -0.570. The van der Waals surface area contributed by atoms with Gasteiger partial charge in [0.05, 0.1) is 20.7 Å². The summed E-state index contributed by atoms with van der Waals surface area (Å²) < 4.78 is 13.7. The van der Waals surface area contributed by atoms with Gasteiger partial charge in [-0.25, -0.2) is 0 Å². The third-order valence-corrected chi connectivity index (χ3v) is 5.43. The molecule has 0 amide bonds. The van der Waals surface area contributed by atoms with Gasteiger partial charge < -0.3 is 20.1 Å². The van der Waals surface area contributed by atoms with Crippen molar-refractivity contribution in [3.8, 4) is 5.75 Å². The highest BCUT2D eigenvalue weighted by atomic mass is 127. The van der Waals surface area contributed by atoms with Crippen LogP contribution in [0.2, 0.25) is 0 Å². The maximum absolute atomic E-state index is 10.2. The van der Waals surface area contributed by atoms with Crippen molar-refractivity contribution < 1.29 is 14.4 Å². The van der Waals surface area contributed by atoms with Crippen LogP contribution in [0.1, 0.15) is 39.2 Å². The number of hydrogen-bond acceptors (Lipinski definition) is 4. The quantitative estimate of drug-likeness (QED) is 0.483. The smallest absolute Gasteiger partial charge is 0.480 e. The summed E-state index contributed by atoms with van der Waals surface area (Å²) in [6, 6.07) is 3.77. The molecule has 0 aliphatic carbocycles. The largest absolute Gasteiger partial charge is 0.507 e. The molecule has 2 rings (SSSR count). The Labute approximate surface area is 147 Å². The molecule has 1 atom stereocenters. The van der Waals surface area contributed by atoms with Crippen LogP contribution >= 0.6 is 45.2 Å². The van der Waals surface area contributed by atoms with Crippen molar-refractivity contribution in [1.82, 2.24) is 0 Å². The maximum Gasteiger partial charge on any atom is 0.480 e. The van der Waals surface area contributed by atoms with E-state index in [0.29, 0.717) is 5.56 Å². The fourth-order valence-corrected chi connectivity index (χ4v) is 3.91. The number of phenolic OH excluding ortho intramolecular Hbond substituents is 1. The summed E-state index contributed by atoms with van der Waals surface area (Å²) >= 11 is 4.30. The Balaban J connectivity index is 2.32. The molecule has 1 saturated heterocycles. The number of phenols is 1. The Morgan fingerprint density at radius 2 is 1.65 bits per heavy atom. The lowest BCUT2D eigenvalue weighted by molar-refractivity contribution is 0.00578. The van der Waals surface area contributed by atoms with Crippen LogP contribution in [-0.4, -0.2) is 23.4 Å². The van der Waals surface area contributed by atoms with Gasteiger partial charge in [-0.05, 0) is 85.0 Å². The van der Waals surface area contributed by atoms with Crippen molar-refractivity contribution in [3.05, 3.63) is 24.8 Å². The first-order valence-corrected chi connectivity index (χ1v) is 8.50. The Morgan fingerprint density at radius 3 is 2.15 bits per heavy atom. The number of halogens is 2. The minimum absolute atomic E-state index is 0.202. The van der Waals surface area contributed by atoms with Crippen LogP contribution in [-0.2, 0) is 9.31 Å². The van der Waals surface area contributed by atoms with Gasteiger partial charge in [0, 0.05) is 9.13 Å². The molecule has 1 fully saturated rings. The Bertz CT molecular complexity index is 521. The van der Waals surface area contributed by atoms with Crippen molar-refractivity contribution in [1.29, 1.82) is 0 Å². The normalized spacial score (nSPS) is 22.1. The lowest BCUT2D eigenvalue weighted by Gasteiger charge is -2.32. The third kappa shape index (κ3) is 2.97. The third-order valence-electron chi connectivity index (χ3n) is 3.98. The van der Waals surface area contributed by atoms with Crippen LogP contribution in [0.3, 0.4) is 0 Å². The van der Waals surface area contributed by atoms with E-state index in [4.69, 9.17) is 15.0 Å². The molecule has 1 aromatic carbocycles. The standard InChI is InChI=1S/C13H18BI2NO3/c1-12(2)13(3,4)20-14(19-12)11(17)8-5-7(15)6-9(16)10(8)18/h5-6,11,18H,17H2,1-4H3/t11-/m0/s1. The zero-order valence-corrected chi connectivity index (χ0v) is 16.2. The number of hydrogen-bond donors (Lipinski definition) is 2. The molecule has 1 aliphatic heterocycles. The topological polar surface area (TPSA) is 64.7 Å². The molecule has 1 heterocycles. The molecule has 3 N–H and O–H groups in total. The Hall–Kier alpha value is 0.425. The second-order valence-corrected chi connectivity index (χ2v) is 8.38. The summed E-state index contributed by atoms with van der Waals surface area (Å²) in [5, 5.41) is 10.2. The molecular formula is C13H18BI2NO3. The molecule has 0 unspecified atom stereocenters. The Morgan fingerprint density at radius 1 is 1.15 bits per heavy atom. The van der Waals surface area contributed by atoms with Crippen molar-refractivity contribution >= 4 is 52.3 Å². The van der Waals surface area contributed by atoms with Crippen LogP contribution in [0.4, 0.5) is 0 Å². The molecule has 4 nitrogen and oxygen atoms in total. The van der Waals surface area contributed by atoms with E-state index >= 15 is 0 Å². The zero-order valence-electron chi connectivity index (χ0n) is 11.9. The van der Waals surface area contributed by atoms with E-state index < -0.39 is 24.3 Å². The lowest BCUT2D eigenvalue weighted by Crippen LogP contribution is -2.41. The molecule has 1 aliphatic rings. The SMILES string of the molecule is CC1(C)OB([C@@H](N)c2cc(I)cc(I)c2O)OC1(C)C. The van der Waals surface area contributed by atoms with Gasteiger partial charge in [0.15, 0.2) is 0 Å². The molecule has 0 bridgehead atoms. The van der Waals surface area contributed by atoms with E-state index in [1.807, 2.05) is 39.8 Å². The van der Waals surface area contributed by atoms with Gasteiger partial charge in [0.2, 0.25) is 0 Å². The lowest BCUT2D eigenvalue weighted by atomic mass is 9.74. The highest BCUT2D eigenvalue weighted by Gasteiger charge is 2.53. The first-order chi connectivity index (χ1) is 9.05. The number of nitrogens with two attached hydrogens (primary N) is 1. The summed E-state index contributed by atoms with van der Waals surface area (Å²) in [4.78, 5) is 0. The summed E-state index contributed by atoms with van der Waals surface area (Å²) in [5.41, 5.74) is 6.06. The average Bonchev–Trinajstić information content (AvgIpc) is 2.52. The van der Waals surface area contributed by atoms with Gasteiger partial charge in [-0.15, -0.1) is 0 Å². The molecule has 1 aromatic rings. The van der Waals surface area contributed by atoms with Gasteiger partial charge in [-0.3, -0.25) is 0 Å². The summed E-state index contributed by atoms with van der Waals surface area (Å²) in [6.45, 7) is 7.94. The summed E-state index contributed by atoms with van der Waals surface area (Å²) in [5.74, 6) is -0.326. The molecule has 0 aromatic heterocycles. The van der Waals surface area contributed by atoms with E-state index in [2.05, 4.69) is 45.2 Å². The van der Waals surface area contributed by atoms with Crippen LogP contribution in [0.5, 0.6) is 5.75 Å². The van der Waals surface area contributed by atoms with Crippen LogP contribution in [0, 0.1) is 7.14 Å². The number of aromatic hydroxyl groups is 1. The van der Waals surface area contributed by atoms with Gasteiger partial charge in [-0.1, -0.05) is 0 Å². The van der Waals surface area contributed by atoms with Crippen molar-refractivity contribution in [2.24, 2.45) is 5.73 Å². The van der Waals surface area contributed by atoms with Crippen molar-refractivity contribution in [2.45, 2.75) is 44.8 Å². The molecule has 0 saturated carbocycles. The van der Waals surface area contributed by atoms with Crippen molar-refractivity contribution in [2.75, 3.05) is 0 Å². The van der Waals surface area contributed by atoms with Gasteiger partial charge in [-0.2, -0.15) is 0 Å². The maximum atomic E-state index is 10.2. The fourth-order valence-electron chi connectivity index (χ4n) is 2.02. The fraction of sp³-hybridized carbons (Fsp3) is 0.538. The molecule has 110 valence electrons. The monoisotopic (exact) mass is 501 g/mol. The van der Waals surface area contributed by atoms with Gasteiger partial charge in [0.1, 0.15) is 5.75 Å². The van der Waals surface area contributed by atoms with E-state index in [1.54, 1.807) is 0 Å². The number of rotatable bonds is 2. The first-order valence-electron chi connectivity index (χ1n) is 6.34. The van der Waals surface area contributed by atoms with Crippen molar-refractivity contribution in [3.63, 3.8) is 0 Å². The van der Waals surface area contributed by atoms with Crippen LogP contribution < -0.4 is 5.73 Å². The highest BCUT2D eigenvalue weighted by Crippen LogP contribution is 2.41. The second kappa shape index (κ2) is 5.56. The van der Waals surface area contributed by atoms with E-state index in [-0.39, 0.29) is 5.75 Å². The van der Waals surface area contributed by atoms with E-state index in [9.17, 15) is 5.11 Å². The molecular weight excluding hydrogens is 483 g/mol. The van der Waals surface area contributed by atoms with Gasteiger partial charge in [0.25, 0.3) is 0 Å². The predicted molar refractivity (Wildman–Crippen MR) is 96.6 cm³/mol. The van der Waals surface area contributed by atoms with E-state index in [0.717, 1.165) is 7.14 Å².